The van der Waals surface area contributed by atoms with E-state index in [2.05, 4.69) is 20.7 Å². The van der Waals surface area contributed by atoms with E-state index in [0.29, 0.717) is 15.7 Å². The minimum atomic E-state index is -3.56. The zero-order valence-corrected chi connectivity index (χ0v) is 14.7. The van der Waals surface area contributed by atoms with Gasteiger partial charge in [-0.3, -0.25) is 0 Å². The number of hydrogen-bond acceptors (Lipinski definition) is 4. The zero-order valence-electron chi connectivity index (χ0n) is 12.3. The summed E-state index contributed by atoms with van der Waals surface area (Å²) in [5.74, 6) is 0. The monoisotopic (exact) mass is 363 g/mol. The molecule has 0 saturated heterocycles. The van der Waals surface area contributed by atoms with Crippen LogP contribution in [0.2, 0.25) is 0 Å². The van der Waals surface area contributed by atoms with Crippen molar-refractivity contribution in [1.82, 2.24) is 9.62 Å². The first-order valence-corrected chi connectivity index (χ1v) is 8.64. The third-order valence-electron chi connectivity index (χ3n) is 3.02. The number of anilines is 1. The van der Waals surface area contributed by atoms with Gasteiger partial charge in [0.1, 0.15) is 0 Å². The van der Waals surface area contributed by atoms with E-state index in [1.54, 1.807) is 19.1 Å². The molecule has 0 aliphatic heterocycles. The molecule has 5 nitrogen and oxygen atoms in total. The maximum Gasteiger partial charge on any atom is 0.241 e. The van der Waals surface area contributed by atoms with E-state index in [4.69, 9.17) is 5.73 Å². The standard InChI is InChI=1S/C13H22BrN3O2S/c1-9(5-6-17(3)4)16-20(18,19)13-8-11(14)7-12(15)10(13)2/h7-9,16H,5-6,15H2,1-4H3. The largest absolute Gasteiger partial charge is 0.398 e. The lowest BCUT2D eigenvalue weighted by Gasteiger charge is -2.18. The first-order chi connectivity index (χ1) is 9.13. The van der Waals surface area contributed by atoms with Gasteiger partial charge in [0.05, 0.1) is 4.90 Å². The van der Waals surface area contributed by atoms with E-state index in [1.165, 1.54) is 0 Å². The van der Waals surface area contributed by atoms with Gasteiger partial charge in [0, 0.05) is 16.2 Å². The summed E-state index contributed by atoms with van der Waals surface area (Å²) in [6.45, 7) is 4.39. The number of sulfonamides is 1. The molecule has 0 bridgehead atoms. The van der Waals surface area contributed by atoms with Crippen molar-refractivity contribution in [2.45, 2.75) is 31.2 Å². The number of halogens is 1. The summed E-state index contributed by atoms with van der Waals surface area (Å²) in [5, 5.41) is 0. The molecule has 0 heterocycles. The Morgan fingerprint density at radius 2 is 2.00 bits per heavy atom. The minimum absolute atomic E-state index is 0.137. The van der Waals surface area contributed by atoms with E-state index in [-0.39, 0.29) is 10.9 Å². The lowest BCUT2D eigenvalue weighted by atomic mass is 10.2. The Kier molecular flexibility index (Phi) is 6.00. The Morgan fingerprint density at radius 3 is 2.55 bits per heavy atom. The van der Waals surface area contributed by atoms with Crippen molar-refractivity contribution in [3.8, 4) is 0 Å². The SMILES string of the molecule is Cc1c(N)cc(Br)cc1S(=O)(=O)NC(C)CCN(C)C. The molecule has 1 aromatic carbocycles. The first kappa shape index (κ1) is 17.4. The van der Waals surface area contributed by atoms with Gasteiger partial charge in [-0.1, -0.05) is 15.9 Å². The first-order valence-electron chi connectivity index (χ1n) is 6.36. The third kappa shape index (κ3) is 4.73. The van der Waals surface area contributed by atoms with E-state index < -0.39 is 10.0 Å². The number of nitrogens with two attached hydrogens (primary N) is 1. The lowest BCUT2D eigenvalue weighted by Crippen LogP contribution is -2.35. The fraction of sp³-hybridized carbons (Fsp3) is 0.538. The molecule has 0 aliphatic rings. The van der Waals surface area contributed by atoms with Crippen LogP contribution in [0.5, 0.6) is 0 Å². The molecule has 1 atom stereocenters. The molecule has 0 saturated carbocycles. The maximum absolute atomic E-state index is 12.4. The fourth-order valence-electron chi connectivity index (χ4n) is 1.79. The fourth-order valence-corrected chi connectivity index (χ4v) is 4.00. The Balaban J connectivity index is 2.94. The smallest absolute Gasteiger partial charge is 0.241 e. The van der Waals surface area contributed by atoms with E-state index in [0.717, 1.165) is 13.0 Å². The van der Waals surface area contributed by atoms with Crippen LogP contribution < -0.4 is 10.5 Å². The molecule has 0 radical (unpaired) electrons. The van der Waals surface area contributed by atoms with Gasteiger partial charge in [0.15, 0.2) is 0 Å². The molecule has 20 heavy (non-hydrogen) atoms. The molecule has 114 valence electrons. The summed E-state index contributed by atoms with van der Waals surface area (Å²) in [5.41, 5.74) is 6.85. The highest BCUT2D eigenvalue weighted by Crippen LogP contribution is 2.26. The van der Waals surface area contributed by atoms with E-state index in [9.17, 15) is 8.42 Å². The van der Waals surface area contributed by atoms with Gasteiger partial charge in [0.2, 0.25) is 10.0 Å². The van der Waals surface area contributed by atoms with Crippen LogP contribution in [0.15, 0.2) is 21.5 Å². The van der Waals surface area contributed by atoms with Crippen molar-refractivity contribution in [2.75, 3.05) is 26.4 Å². The summed E-state index contributed by atoms with van der Waals surface area (Å²) < 4.78 is 28.2. The van der Waals surface area contributed by atoms with Crippen molar-refractivity contribution >= 4 is 31.6 Å². The second-order valence-electron chi connectivity index (χ2n) is 5.23. The molecule has 7 heteroatoms. The lowest BCUT2D eigenvalue weighted by molar-refractivity contribution is 0.379. The second kappa shape index (κ2) is 6.89. The van der Waals surface area contributed by atoms with Gasteiger partial charge in [-0.25, -0.2) is 13.1 Å². The van der Waals surface area contributed by atoms with E-state index in [1.807, 2.05) is 25.9 Å². The van der Waals surface area contributed by atoms with Gasteiger partial charge in [-0.2, -0.15) is 0 Å². The number of rotatable bonds is 6. The average molecular weight is 364 g/mol. The number of nitrogens with zero attached hydrogens (tertiary/aromatic N) is 1. The molecule has 0 amide bonds. The molecular weight excluding hydrogens is 342 g/mol. The summed E-state index contributed by atoms with van der Waals surface area (Å²) in [6.07, 6.45) is 0.745. The summed E-state index contributed by atoms with van der Waals surface area (Å²) in [6, 6.07) is 3.14. The van der Waals surface area contributed by atoms with Crippen LogP contribution in [-0.4, -0.2) is 40.0 Å². The van der Waals surface area contributed by atoms with Gasteiger partial charge < -0.3 is 10.6 Å². The van der Waals surface area contributed by atoms with Crippen molar-refractivity contribution in [2.24, 2.45) is 0 Å². The summed E-state index contributed by atoms with van der Waals surface area (Å²) >= 11 is 3.28. The highest BCUT2D eigenvalue weighted by atomic mass is 79.9. The Bertz CT molecular complexity index is 573. The van der Waals surface area contributed by atoms with Crippen LogP contribution in [-0.2, 0) is 10.0 Å². The minimum Gasteiger partial charge on any atom is -0.398 e. The number of benzene rings is 1. The molecule has 3 N–H and O–H groups in total. The molecule has 1 unspecified atom stereocenters. The molecular formula is C13H22BrN3O2S. The molecule has 1 rings (SSSR count). The maximum atomic E-state index is 12.4. The van der Waals surface area contributed by atoms with Crippen molar-refractivity contribution in [3.63, 3.8) is 0 Å². The van der Waals surface area contributed by atoms with Crippen LogP contribution in [0, 0.1) is 6.92 Å². The third-order valence-corrected chi connectivity index (χ3v) is 5.19. The quantitative estimate of drug-likeness (QED) is 0.757. The Morgan fingerprint density at radius 1 is 1.40 bits per heavy atom. The molecule has 0 fully saturated rings. The molecule has 1 aromatic rings. The van der Waals surface area contributed by atoms with E-state index >= 15 is 0 Å². The van der Waals surface area contributed by atoms with Gasteiger partial charge >= 0.3 is 0 Å². The second-order valence-corrected chi connectivity index (χ2v) is 7.83. The van der Waals surface area contributed by atoms with Crippen LogP contribution in [0.1, 0.15) is 18.9 Å². The van der Waals surface area contributed by atoms with Crippen molar-refractivity contribution in [1.29, 1.82) is 0 Å². The van der Waals surface area contributed by atoms with Gasteiger partial charge in [0.25, 0.3) is 0 Å². The topological polar surface area (TPSA) is 75.4 Å². The van der Waals surface area contributed by atoms with Crippen LogP contribution in [0.4, 0.5) is 5.69 Å². The van der Waals surface area contributed by atoms with Crippen molar-refractivity contribution < 1.29 is 8.42 Å². The normalized spacial score (nSPS) is 13.7. The van der Waals surface area contributed by atoms with Crippen molar-refractivity contribution in [3.05, 3.63) is 22.2 Å². The Hall–Kier alpha value is -0.630. The average Bonchev–Trinajstić information content (AvgIpc) is 2.30. The zero-order chi connectivity index (χ0) is 15.5. The molecule has 0 aliphatic carbocycles. The molecule has 0 spiro atoms. The summed E-state index contributed by atoms with van der Waals surface area (Å²) in [4.78, 5) is 2.24. The predicted molar refractivity (Wildman–Crippen MR) is 86.2 cm³/mol. The predicted octanol–water partition coefficient (Wildman–Crippen LogP) is 1.96. The molecule has 0 aromatic heterocycles. The van der Waals surface area contributed by atoms with Crippen LogP contribution in [0.3, 0.4) is 0 Å². The number of nitrogen functional groups attached to an aromatic ring is 1. The van der Waals surface area contributed by atoms with Crippen LogP contribution >= 0.6 is 15.9 Å². The van der Waals surface area contributed by atoms with Gasteiger partial charge in [-0.05, 0) is 58.6 Å². The number of hydrogen-bond donors (Lipinski definition) is 2. The summed E-state index contributed by atoms with van der Waals surface area (Å²) in [7, 11) is 0.356. The highest BCUT2D eigenvalue weighted by Gasteiger charge is 2.21. The highest BCUT2D eigenvalue weighted by molar-refractivity contribution is 9.10. The van der Waals surface area contributed by atoms with Gasteiger partial charge in [-0.15, -0.1) is 0 Å². The Labute approximate surface area is 129 Å². The van der Waals surface area contributed by atoms with Crippen LogP contribution in [0.25, 0.3) is 0 Å². The number of nitrogens with one attached hydrogen (secondary N) is 1.